The first-order valence-electron chi connectivity index (χ1n) is 4.45. The number of methoxy groups -OCH3 is 1. The van der Waals surface area contributed by atoms with E-state index in [-0.39, 0.29) is 5.91 Å². The Morgan fingerprint density at radius 3 is 2.50 bits per heavy atom. The molecule has 0 saturated carbocycles. The van der Waals surface area contributed by atoms with Crippen LogP contribution in [0.25, 0.3) is 0 Å². The molecule has 86 valence electrons. The minimum atomic E-state index is -0.390. The van der Waals surface area contributed by atoms with Gasteiger partial charge in [-0.1, -0.05) is 0 Å². The number of carbonyl (C=O) groups is 2. The average molecular weight is 287 g/mol. The second-order valence-corrected chi connectivity index (χ2v) is 3.84. The molecule has 0 atom stereocenters. The van der Waals surface area contributed by atoms with Crippen molar-refractivity contribution in [3.63, 3.8) is 0 Å². The molecule has 1 rings (SSSR count). The predicted octanol–water partition coefficient (Wildman–Crippen LogP) is 1.24. The van der Waals surface area contributed by atoms with Crippen molar-refractivity contribution in [3.8, 4) is 5.75 Å². The SMILES string of the molecule is COc1ccc(C(=O)NNC(C)=O)cc1Br. The molecule has 0 aliphatic carbocycles. The molecule has 0 aromatic heterocycles. The molecule has 0 aliphatic heterocycles. The Labute approximate surface area is 101 Å². The molecule has 0 spiro atoms. The highest BCUT2D eigenvalue weighted by atomic mass is 79.9. The van der Waals surface area contributed by atoms with Crippen molar-refractivity contribution in [3.05, 3.63) is 28.2 Å². The lowest BCUT2D eigenvalue weighted by Gasteiger charge is -2.07. The van der Waals surface area contributed by atoms with E-state index in [0.29, 0.717) is 15.8 Å². The van der Waals surface area contributed by atoms with Gasteiger partial charge in [0.15, 0.2) is 0 Å². The molecule has 6 heteroatoms. The maximum absolute atomic E-state index is 11.5. The van der Waals surface area contributed by atoms with Gasteiger partial charge < -0.3 is 4.74 Å². The largest absolute Gasteiger partial charge is 0.496 e. The minimum absolute atomic E-state index is 0.332. The summed E-state index contributed by atoms with van der Waals surface area (Å²) in [6.07, 6.45) is 0. The van der Waals surface area contributed by atoms with Gasteiger partial charge >= 0.3 is 0 Å². The first-order valence-corrected chi connectivity index (χ1v) is 5.24. The third-order valence-corrected chi connectivity index (χ3v) is 2.39. The van der Waals surface area contributed by atoms with Crippen molar-refractivity contribution in [1.82, 2.24) is 10.9 Å². The Bertz CT molecular complexity index is 421. The second-order valence-electron chi connectivity index (χ2n) is 2.98. The summed E-state index contributed by atoms with van der Waals surface area (Å²) in [7, 11) is 1.54. The number of hydrogen-bond acceptors (Lipinski definition) is 3. The van der Waals surface area contributed by atoms with Crippen LogP contribution in [-0.4, -0.2) is 18.9 Å². The summed E-state index contributed by atoms with van der Waals surface area (Å²) < 4.78 is 5.70. The van der Waals surface area contributed by atoms with E-state index in [1.165, 1.54) is 14.0 Å². The quantitative estimate of drug-likeness (QED) is 0.804. The number of hydrogen-bond donors (Lipinski definition) is 2. The predicted molar refractivity (Wildman–Crippen MR) is 62.0 cm³/mol. The van der Waals surface area contributed by atoms with E-state index in [1.807, 2.05) is 0 Å². The zero-order chi connectivity index (χ0) is 12.1. The Kier molecular flexibility index (Phi) is 4.30. The summed E-state index contributed by atoms with van der Waals surface area (Å²) in [6.45, 7) is 1.31. The zero-order valence-corrected chi connectivity index (χ0v) is 10.4. The van der Waals surface area contributed by atoms with Gasteiger partial charge in [0.25, 0.3) is 5.91 Å². The van der Waals surface area contributed by atoms with Gasteiger partial charge in [0.2, 0.25) is 5.91 Å². The molecule has 5 nitrogen and oxygen atoms in total. The summed E-state index contributed by atoms with van der Waals surface area (Å²) in [4.78, 5) is 22.1. The van der Waals surface area contributed by atoms with Crippen molar-refractivity contribution >= 4 is 27.7 Å². The molecule has 0 radical (unpaired) electrons. The highest BCUT2D eigenvalue weighted by molar-refractivity contribution is 9.10. The van der Waals surface area contributed by atoms with Gasteiger partial charge in [0.05, 0.1) is 11.6 Å². The second kappa shape index (κ2) is 5.50. The average Bonchev–Trinajstić information content (AvgIpc) is 2.25. The van der Waals surface area contributed by atoms with Gasteiger partial charge in [-0.15, -0.1) is 0 Å². The van der Waals surface area contributed by atoms with Crippen LogP contribution in [0.4, 0.5) is 0 Å². The van der Waals surface area contributed by atoms with Crippen LogP contribution < -0.4 is 15.6 Å². The normalized spacial score (nSPS) is 9.44. The highest BCUT2D eigenvalue weighted by Crippen LogP contribution is 2.25. The molecule has 2 N–H and O–H groups in total. The third kappa shape index (κ3) is 3.23. The molecule has 0 aliphatic rings. The molecule has 0 bridgehead atoms. The number of benzene rings is 1. The van der Waals surface area contributed by atoms with E-state index in [1.54, 1.807) is 18.2 Å². The molecule has 16 heavy (non-hydrogen) atoms. The van der Waals surface area contributed by atoms with Gasteiger partial charge in [-0.25, -0.2) is 0 Å². The summed E-state index contributed by atoms with van der Waals surface area (Å²) in [5.74, 6) is -0.0874. The minimum Gasteiger partial charge on any atom is -0.496 e. The van der Waals surface area contributed by atoms with Crippen LogP contribution in [0.15, 0.2) is 22.7 Å². The number of rotatable bonds is 2. The van der Waals surface area contributed by atoms with E-state index in [9.17, 15) is 9.59 Å². The van der Waals surface area contributed by atoms with Crippen LogP contribution in [0.2, 0.25) is 0 Å². The zero-order valence-electron chi connectivity index (χ0n) is 8.83. The van der Waals surface area contributed by atoms with E-state index < -0.39 is 5.91 Å². The number of hydrazine groups is 1. The molecule has 1 aromatic rings. The van der Waals surface area contributed by atoms with E-state index in [2.05, 4.69) is 26.8 Å². The van der Waals surface area contributed by atoms with Crippen molar-refractivity contribution in [2.24, 2.45) is 0 Å². The lowest BCUT2D eigenvalue weighted by Crippen LogP contribution is -2.40. The van der Waals surface area contributed by atoms with Crippen molar-refractivity contribution in [2.45, 2.75) is 6.92 Å². The number of ether oxygens (including phenoxy) is 1. The lowest BCUT2D eigenvalue weighted by molar-refractivity contribution is -0.119. The van der Waals surface area contributed by atoms with Crippen molar-refractivity contribution in [2.75, 3.05) is 7.11 Å². The summed E-state index contributed by atoms with van der Waals surface area (Å²) in [5.41, 5.74) is 4.89. The Morgan fingerprint density at radius 2 is 2.00 bits per heavy atom. The summed E-state index contributed by atoms with van der Waals surface area (Å²) in [6, 6.07) is 4.86. The fourth-order valence-corrected chi connectivity index (χ4v) is 1.57. The van der Waals surface area contributed by atoms with Crippen LogP contribution in [0.1, 0.15) is 17.3 Å². The number of carbonyl (C=O) groups excluding carboxylic acids is 2. The maximum atomic E-state index is 11.5. The van der Waals surface area contributed by atoms with Gasteiger partial charge in [-0.3, -0.25) is 20.4 Å². The van der Waals surface area contributed by atoms with E-state index in [4.69, 9.17) is 4.74 Å². The molecule has 1 aromatic carbocycles. The Morgan fingerprint density at radius 1 is 1.31 bits per heavy atom. The molecule has 0 fully saturated rings. The molecular formula is C10H11BrN2O3. The van der Waals surface area contributed by atoms with Crippen molar-refractivity contribution < 1.29 is 14.3 Å². The summed E-state index contributed by atoms with van der Waals surface area (Å²) >= 11 is 3.26. The van der Waals surface area contributed by atoms with Gasteiger partial charge in [0, 0.05) is 12.5 Å². The Hall–Kier alpha value is -1.56. The van der Waals surface area contributed by atoms with Gasteiger partial charge in [0.1, 0.15) is 5.75 Å². The molecular weight excluding hydrogens is 276 g/mol. The van der Waals surface area contributed by atoms with Crippen LogP contribution in [0, 0.1) is 0 Å². The smallest absolute Gasteiger partial charge is 0.269 e. The topological polar surface area (TPSA) is 67.4 Å². The fourth-order valence-electron chi connectivity index (χ4n) is 1.02. The van der Waals surface area contributed by atoms with Crippen LogP contribution in [-0.2, 0) is 4.79 Å². The first-order chi connectivity index (χ1) is 7.54. The standard InChI is InChI=1S/C10H11BrN2O3/c1-6(14)12-13-10(15)7-3-4-9(16-2)8(11)5-7/h3-5H,1-2H3,(H,12,14)(H,13,15). The van der Waals surface area contributed by atoms with E-state index >= 15 is 0 Å². The van der Waals surface area contributed by atoms with Crippen LogP contribution in [0.3, 0.4) is 0 Å². The van der Waals surface area contributed by atoms with Crippen molar-refractivity contribution in [1.29, 1.82) is 0 Å². The molecule has 0 heterocycles. The van der Waals surface area contributed by atoms with Crippen LogP contribution >= 0.6 is 15.9 Å². The maximum Gasteiger partial charge on any atom is 0.269 e. The van der Waals surface area contributed by atoms with E-state index in [0.717, 1.165) is 0 Å². The third-order valence-electron chi connectivity index (χ3n) is 1.77. The summed E-state index contributed by atoms with van der Waals surface area (Å²) in [5, 5.41) is 0. The van der Waals surface area contributed by atoms with Gasteiger partial charge in [-0.05, 0) is 34.1 Å². The van der Waals surface area contributed by atoms with Crippen LogP contribution in [0.5, 0.6) is 5.75 Å². The number of amides is 2. The monoisotopic (exact) mass is 286 g/mol. The Balaban J connectivity index is 2.77. The highest BCUT2D eigenvalue weighted by Gasteiger charge is 2.08. The molecule has 2 amide bonds. The fraction of sp³-hybridized carbons (Fsp3) is 0.200. The van der Waals surface area contributed by atoms with Gasteiger partial charge in [-0.2, -0.15) is 0 Å². The molecule has 0 unspecified atom stereocenters. The lowest BCUT2D eigenvalue weighted by atomic mass is 10.2. The first kappa shape index (κ1) is 12.5. The number of halogens is 1. The molecule has 0 saturated heterocycles. The number of nitrogens with one attached hydrogen (secondary N) is 2.